The molecule has 1 amide bonds. The zero-order valence-corrected chi connectivity index (χ0v) is 12.4. The standard InChI is InChI=1S/C15H22N2OS/c1-3-10-15(11-4-2,13(16)19)14(18)17-12-8-6-5-7-9-12/h5-9H,3-4,10-11H2,1-2H3,(H2,16,19)(H,17,18). The lowest BCUT2D eigenvalue weighted by Gasteiger charge is -2.31. The van der Waals surface area contributed by atoms with Crippen LogP contribution < -0.4 is 11.1 Å². The molecular weight excluding hydrogens is 256 g/mol. The minimum atomic E-state index is -0.728. The van der Waals surface area contributed by atoms with Crippen LogP contribution in [0.3, 0.4) is 0 Å². The first-order valence-corrected chi connectivity index (χ1v) is 7.14. The molecule has 0 bridgehead atoms. The smallest absolute Gasteiger partial charge is 0.237 e. The van der Waals surface area contributed by atoms with Crippen LogP contribution in [0.1, 0.15) is 39.5 Å². The lowest BCUT2D eigenvalue weighted by Crippen LogP contribution is -2.46. The monoisotopic (exact) mass is 278 g/mol. The number of rotatable bonds is 7. The van der Waals surface area contributed by atoms with Gasteiger partial charge in [0.1, 0.15) is 0 Å². The van der Waals surface area contributed by atoms with E-state index in [9.17, 15) is 4.79 Å². The van der Waals surface area contributed by atoms with Crippen molar-refractivity contribution in [3.8, 4) is 0 Å². The first kappa shape index (κ1) is 15.6. The Hall–Kier alpha value is -1.42. The van der Waals surface area contributed by atoms with Crippen LogP contribution in [0.25, 0.3) is 0 Å². The van der Waals surface area contributed by atoms with Gasteiger partial charge >= 0.3 is 0 Å². The normalized spacial score (nSPS) is 11.1. The first-order chi connectivity index (χ1) is 9.06. The number of thiocarbonyl (C=S) groups is 1. The highest BCUT2D eigenvalue weighted by molar-refractivity contribution is 7.80. The van der Waals surface area contributed by atoms with E-state index < -0.39 is 5.41 Å². The first-order valence-electron chi connectivity index (χ1n) is 6.73. The van der Waals surface area contributed by atoms with Crippen molar-refractivity contribution in [2.24, 2.45) is 11.1 Å². The summed E-state index contributed by atoms with van der Waals surface area (Å²) < 4.78 is 0. The highest BCUT2D eigenvalue weighted by atomic mass is 32.1. The molecule has 3 nitrogen and oxygen atoms in total. The Bertz CT molecular complexity index is 425. The van der Waals surface area contributed by atoms with Gasteiger partial charge in [0.2, 0.25) is 5.91 Å². The van der Waals surface area contributed by atoms with Gasteiger partial charge in [-0.25, -0.2) is 0 Å². The minimum Gasteiger partial charge on any atom is -0.392 e. The van der Waals surface area contributed by atoms with Crippen molar-refractivity contribution < 1.29 is 4.79 Å². The average Bonchev–Trinajstić information content (AvgIpc) is 2.39. The molecule has 0 heterocycles. The van der Waals surface area contributed by atoms with Gasteiger partial charge in [-0.15, -0.1) is 0 Å². The van der Waals surface area contributed by atoms with E-state index in [2.05, 4.69) is 5.32 Å². The topological polar surface area (TPSA) is 55.1 Å². The third-order valence-electron chi connectivity index (χ3n) is 3.29. The van der Waals surface area contributed by atoms with E-state index in [1.807, 2.05) is 44.2 Å². The van der Waals surface area contributed by atoms with Gasteiger partial charge in [0.25, 0.3) is 0 Å². The fourth-order valence-corrected chi connectivity index (χ4v) is 2.63. The summed E-state index contributed by atoms with van der Waals surface area (Å²) in [5.74, 6) is -0.0881. The predicted molar refractivity (Wildman–Crippen MR) is 84.1 cm³/mol. The fourth-order valence-electron chi connectivity index (χ4n) is 2.34. The van der Waals surface area contributed by atoms with Gasteiger partial charge in [-0.2, -0.15) is 0 Å². The molecule has 0 saturated carbocycles. The van der Waals surface area contributed by atoms with Gasteiger partial charge in [0.05, 0.1) is 10.4 Å². The van der Waals surface area contributed by atoms with Gasteiger partial charge < -0.3 is 11.1 Å². The molecule has 0 spiro atoms. The van der Waals surface area contributed by atoms with E-state index in [-0.39, 0.29) is 5.91 Å². The number of para-hydroxylation sites is 1. The molecule has 19 heavy (non-hydrogen) atoms. The Morgan fingerprint density at radius 3 is 2.16 bits per heavy atom. The van der Waals surface area contributed by atoms with E-state index in [0.29, 0.717) is 17.8 Å². The summed E-state index contributed by atoms with van der Waals surface area (Å²) in [7, 11) is 0. The lowest BCUT2D eigenvalue weighted by atomic mass is 9.78. The van der Waals surface area contributed by atoms with Crippen LogP contribution in [0, 0.1) is 5.41 Å². The summed E-state index contributed by atoms with van der Waals surface area (Å²) in [5, 5.41) is 2.93. The predicted octanol–water partition coefficient (Wildman–Crippen LogP) is 3.50. The quantitative estimate of drug-likeness (QED) is 0.751. The highest BCUT2D eigenvalue weighted by Crippen LogP contribution is 2.32. The Kier molecular flexibility index (Phi) is 5.96. The van der Waals surface area contributed by atoms with Crippen molar-refractivity contribution in [2.45, 2.75) is 39.5 Å². The summed E-state index contributed by atoms with van der Waals surface area (Å²) in [4.78, 5) is 12.9. The van der Waals surface area contributed by atoms with Crippen molar-refractivity contribution in [1.82, 2.24) is 0 Å². The molecule has 0 aliphatic heterocycles. The van der Waals surface area contributed by atoms with Crippen LogP contribution in [-0.2, 0) is 4.79 Å². The maximum absolute atomic E-state index is 12.6. The lowest BCUT2D eigenvalue weighted by molar-refractivity contribution is -0.122. The number of carbonyl (C=O) groups is 1. The molecule has 0 aliphatic carbocycles. The Morgan fingerprint density at radius 2 is 1.74 bits per heavy atom. The van der Waals surface area contributed by atoms with Gasteiger partial charge in [-0.05, 0) is 25.0 Å². The van der Waals surface area contributed by atoms with E-state index in [4.69, 9.17) is 18.0 Å². The molecule has 0 unspecified atom stereocenters. The maximum Gasteiger partial charge on any atom is 0.237 e. The largest absolute Gasteiger partial charge is 0.392 e. The Morgan fingerprint density at radius 1 is 1.21 bits per heavy atom. The van der Waals surface area contributed by atoms with Crippen molar-refractivity contribution >= 4 is 28.8 Å². The number of nitrogens with two attached hydrogens (primary N) is 1. The SMILES string of the molecule is CCCC(CCC)(C(=O)Nc1ccccc1)C(N)=S. The third kappa shape index (κ3) is 3.77. The molecule has 0 saturated heterocycles. The molecule has 0 fully saturated rings. The molecule has 0 atom stereocenters. The van der Waals surface area contributed by atoms with E-state index in [0.717, 1.165) is 18.5 Å². The maximum atomic E-state index is 12.6. The molecule has 0 aliphatic rings. The van der Waals surface area contributed by atoms with Crippen LogP contribution in [0.4, 0.5) is 5.69 Å². The zero-order valence-electron chi connectivity index (χ0n) is 11.6. The van der Waals surface area contributed by atoms with Crippen molar-refractivity contribution in [3.05, 3.63) is 30.3 Å². The number of nitrogens with one attached hydrogen (secondary N) is 1. The summed E-state index contributed by atoms with van der Waals surface area (Å²) in [6.45, 7) is 4.08. The number of carbonyl (C=O) groups excluding carboxylic acids is 1. The second-order valence-electron chi connectivity index (χ2n) is 4.77. The summed E-state index contributed by atoms with van der Waals surface area (Å²) in [5.41, 5.74) is 5.92. The Balaban J connectivity index is 2.96. The molecule has 1 aromatic carbocycles. The van der Waals surface area contributed by atoms with Crippen LogP contribution in [0.5, 0.6) is 0 Å². The van der Waals surface area contributed by atoms with Crippen LogP contribution in [0.15, 0.2) is 30.3 Å². The number of hydrogen-bond acceptors (Lipinski definition) is 2. The van der Waals surface area contributed by atoms with E-state index >= 15 is 0 Å². The molecule has 104 valence electrons. The second-order valence-corrected chi connectivity index (χ2v) is 5.21. The van der Waals surface area contributed by atoms with Crippen LogP contribution >= 0.6 is 12.2 Å². The van der Waals surface area contributed by atoms with Crippen molar-refractivity contribution in [1.29, 1.82) is 0 Å². The molecule has 0 radical (unpaired) electrons. The molecular formula is C15H22N2OS. The van der Waals surface area contributed by atoms with E-state index in [1.165, 1.54) is 0 Å². The molecule has 1 rings (SSSR count). The average molecular weight is 278 g/mol. The number of amides is 1. The van der Waals surface area contributed by atoms with Crippen molar-refractivity contribution in [3.63, 3.8) is 0 Å². The van der Waals surface area contributed by atoms with E-state index in [1.54, 1.807) is 0 Å². The van der Waals surface area contributed by atoms with Gasteiger partial charge in [-0.3, -0.25) is 4.79 Å². The Labute approximate surface area is 120 Å². The van der Waals surface area contributed by atoms with Crippen LogP contribution in [-0.4, -0.2) is 10.9 Å². The third-order valence-corrected chi connectivity index (χ3v) is 3.68. The molecule has 3 N–H and O–H groups in total. The minimum absolute atomic E-state index is 0.0881. The summed E-state index contributed by atoms with van der Waals surface area (Å²) in [6, 6.07) is 9.41. The fraction of sp³-hybridized carbons (Fsp3) is 0.467. The summed E-state index contributed by atoms with van der Waals surface area (Å²) >= 11 is 5.17. The number of hydrogen-bond donors (Lipinski definition) is 2. The molecule has 1 aromatic rings. The second kappa shape index (κ2) is 7.24. The summed E-state index contributed by atoms with van der Waals surface area (Å²) in [6.07, 6.45) is 3.13. The van der Waals surface area contributed by atoms with Crippen molar-refractivity contribution in [2.75, 3.05) is 5.32 Å². The van der Waals surface area contributed by atoms with Gasteiger partial charge in [-0.1, -0.05) is 57.1 Å². The van der Waals surface area contributed by atoms with Gasteiger partial charge in [0, 0.05) is 5.69 Å². The molecule has 4 heteroatoms. The number of benzene rings is 1. The van der Waals surface area contributed by atoms with Gasteiger partial charge in [0.15, 0.2) is 0 Å². The van der Waals surface area contributed by atoms with Crippen LogP contribution in [0.2, 0.25) is 0 Å². The number of anilines is 1. The molecule has 0 aromatic heterocycles. The zero-order chi connectivity index (χ0) is 14.3. The highest BCUT2D eigenvalue weighted by Gasteiger charge is 2.39.